The minimum absolute atomic E-state index is 0.0518. The average molecular weight is 866 g/mol. The Bertz CT molecular complexity index is 2410. The zero-order chi connectivity index (χ0) is 44.2. The van der Waals surface area contributed by atoms with Gasteiger partial charge < -0.3 is 24.5 Å². The Balaban J connectivity index is 0.728. The third-order valence-corrected chi connectivity index (χ3v) is 13.9. The summed E-state index contributed by atoms with van der Waals surface area (Å²) in [6.07, 6.45) is 0.348. The van der Waals surface area contributed by atoms with Crippen LogP contribution in [0.5, 0.6) is 0 Å². The molecule has 6 aliphatic heterocycles. The van der Waals surface area contributed by atoms with Crippen molar-refractivity contribution in [1.82, 2.24) is 25.0 Å². The van der Waals surface area contributed by atoms with Gasteiger partial charge in [0.15, 0.2) is 5.69 Å². The van der Waals surface area contributed by atoms with Crippen molar-refractivity contribution in [2.75, 3.05) is 80.1 Å². The first-order valence-corrected chi connectivity index (χ1v) is 21.5. The number of fused-ring (bicyclic) bond motifs is 1. The molecule has 5 saturated heterocycles. The number of aromatic nitrogens is 1. The van der Waals surface area contributed by atoms with Crippen LogP contribution in [-0.4, -0.2) is 127 Å². The van der Waals surface area contributed by atoms with Gasteiger partial charge in [-0.2, -0.15) is 18.4 Å². The number of benzene rings is 2. The molecular weight excluding hydrogens is 820 g/mol. The molecule has 1 spiro atoms. The molecular formula is C45H46F3N9O6. The summed E-state index contributed by atoms with van der Waals surface area (Å²) in [5.41, 5.74) is 1.34. The fraction of sp³-hybridized carbons (Fsp3) is 0.467. The number of imide groups is 2. The first-order valence-electron chi connectivity index (χ1n) is 21.5. The second-order valence-corrected chi connectivity index (χ2v) is 17.5. The zero-order valence-corrected chi connectivity index (χ0v) is 34.5. The van der Waals surface area contributed by atoms with Gasteiger partial charge in [-0.1, -0.05) is 0 Å². The van der Waals surface area contributed by atoms with E-state index in [1.165, 1.54) is 12.3 Å². The number of alkyl halides is 3. The quantitative estimate of drug-likeness (QED) is 0.355. The molecule has 1 unspecified atom stereocenters. The third kappa shape index (κ3) is 7.93. The van der Waals surface area contributed by atoms with E-state index in [2.05, 4.69) is 20.1 Å². The molecule has 2 aromatic carbocycles. The Labute approximate surface area is 361 Å². The van der Waals surface area contributed by atoms with Crippen molar-refractivity contribution < 1.29 is 41.9 Å². The highest BCUT2D eigenvalue weighted by Gasteiger charge is 2.46. The van der Waals surface area contributed by atoms with E-state index >= 15 is 0 Å². The molecule has 1 aromatic heterocycles. The summed E-state index contributed by atoms with van der Waals surface area (Å²) >= 11 is 0. The minimum Gasteiger partial charge on any atom is -0.371 e. The molecule has 15 nitrogen and oxygen atoms in total. The molecule has 0 saturated carbocycles. The number of rotatable bonds is 6. The van der Waals surface area contributed by atoms with Crippen LogP contribution in [0.3, 0.4) is 0 Å². The third-order valence-electron chi connectivity index (χ3n) is 13.9. The van der Waals surface area contributed by atoms with Crippen molar-refractivity contribution in [2.24, 2.45) is 11.3 Å². The molecule has 1 atom stereocenters. The van der Waals surface area contributed by atoms with Crippen molar-refractivity contribution in [3.05, 3.63) is 82.7 Å². The maximum absolute atomic E-state index is 13.7. The summed E-state index contributed by atoms with van der Waals surface area (Å²) in [5.74, 6) is -2.25. The lowest BCUT2D eigenvalue weighted by Crippen LogP contribution is -2.54. The van der Waals surface area contributed by atoms with E-state index in [1.54, 1.807) is 18.2 Å². The first kappa shape index (κ1) is 41.8. The minimum atomic E-state index is -4.67. The normalized spacial score (nSPS) is 21.8. The zero-order valence-electron chi connectivity index (χ0n) is 34.5. The molecule has 63 heavy (non-hydrogen) atoms. The van der Waals surface area contributed by atoms with E-state index < -0.39 is 47.1 Å². The van der Waals surface area contributed by atoms with Crippen LogP contribution >= 0.6 is 0 Å². The molecule has 0 bridgehead atoms. The molecule has 6 aliphatic rings. The molecule has 7 heterocycles. The van der Waals surface area contributed by atoms with Gasteiger partial charge in [0, 0.05) is 94.7 Å². The van der Waals surface area contributed by atoms with E-state index in [9.17, 15) is 41.9 Å². The number of pyridine rings is 1. The predicted molar refractivity (Wildman–Crippen MR) is 222 cm³/mol. The standard InChI is InChI=1S/C45H46F3N9O6/c46-45(47,48)35-24-32(26-50-36(35)25-49)56-18-13-44(27-56)11-16-54(17-12-44)40(60)28-1-3-30(4-2-28)53-19-21-55(22-20-53)41(61)29-9-14-52(15-10-29)31-5-6-33-34(23-31)43(63)57(42(33)62)37-7-8-38(58)51-39(37)59/h1-6,23-24,26,29,37H,7-22,27H2,(H,51,58,59). The number of nitriles is 1. The molecule has 3 aromatic rings. The SMILES string of the molecule is N#Cc1ncc(N2CCC3(CCN(C(=O)c4ccc(N5CCN(C(=O)C6CCN(c7ccc8c(c7)C(=O)N(C7CCC(=O)NC7=O)C8=O)CC6)CC5)cc4)CC3)C2)cc1C(F)(F)F. The number of nitrogens with one attached hydrogen (secondary N) is 1. The number of hydrogen-bond acceptors (Lipinski definition) is 11. The highest BCUT2D eigenvalue weighted by atomic mass is 19.4. The number of likely N-dealkylation sites (tertiary alicyclic amines) is 1. The smallest absolute Gasteiger partial charge is 0.371 e. The number of piperazine rings is 1. The van der Waals surface area contributed by atoms with Crippen LogP contribution in [0.1, 0.15) is 87.3 Å². The Morgan fingerprint density at radius 2 is 1.38 bits per heavy atom. The van der Waals surface area contributed by atoms with E-state index in [0.29, 0.717) is 89.5 Å². The molecule has 6 amide bonds. The topological polar surface area (TPSA) is 171 Å². The number of nitrogens with zero attached hydrogens (tertiary/aromatic N) is 8. The average Bonchev–Trinajstić information content (AvgIpc) is 3.82. The Hall–Kier alpha value is -6.51. The number of carbonyl (C=O) groups excluding carboxylic acids is 6. The van der Waals surface area contributed by atoms with Crippen molar-refractivity contribution >= 4 is 52.5 Å². The summed E-state index contributed by atoms with van der Waals surface area (Å²) in [7, 11) is 0. The van der Waals surface area contributed by atoms with Gasteiger partial charge in [0.1, 0.15) is 12.1 Å². The largest absolute Gasteiger partial charge is 0.419 e. The van der Waals surface area contributed by atoms with Gasteiger partial charge in [-0.05, 0) is 92.5 Å². The Morgan fingerprint density at radius 3 is 2.05 bits per heavy atom. The maximum atomic E-state index is 13.7. The van der Waals surface area contributed by atoms with Gasteiger partial charge in [-0.15, -0.1) is 0 Å². The molecule has 1 N–H and O–H groups in total. The number of amides is 6. The van der Waals surface area contributed by atoms with Crippen LogP contribution in [0.15, 0.2) is 54.7 Å². The van der Waals surface area contributed by atoms with E-state index in [-0.39, 0.29) is 47.1 Å². The van der Waals surface area contributed by atoms with Gasteiger partial charge in [-0.25, -0.2) is 4.98 Å². The Kier molecular flexibility index (Phi) is 10.8. The van der Waals surface area contributed by atoms with E-state index in [1.807, 2.05) is 39.0 Å². The van der Waals surface area contributed by atoms with E-state index in [4.69, 9.17) is 5.26 Å². The molecule has 5 fully saturated rings. The number of halogens is 3. The van der Waals surface area contributed by atoms with Crippen LogP contribution < -0.4 is 20.0 Å². The Morgan fingerprint density at radius 1 is 0.730 bits per heavy atom. The molecule has 328 valence electrons. The molecule has 9 rings (SSSR count). The summed E-state index contributed by atoms with van der Waals surface area (Å²) in [4.78, 5) is 92.5. The maximum Gasteiger partial charge on any atom is 0.419 e. The van der Waals surface area contributed by atoms with E-state index in [0.717, 1.165) is 41.6 Å². The molecule has 0 aliphatic carbocycles. The second kappa shape index (κ2) is 16.3. The van der Waals surface area contributed by atoms with Gasteiger partial charge >= 0.3 is 6.18 Å². The van der Waals surface area contributed by atoms with Gasteiger partial charge in [-0.3, -0.25) is 39.0 Å². The summed E-state index contributed by atoms with van der Waals surface area (Å²) in [5, 5.41) is 11.3. The van der Waals surface area contributed by atoms with Gasteiger partial charge in [0.2, 0.25) is 17.7 Å². The monoisotopic (exact) mass is 865 g/mol. The van der Waals surface area contributed by atoms with Crippen molar-refractivity contribution in [3.8, 4) is 6.07 Å². The first-order chi connectivity index (χ1) is 30.2. The summed E-state index contributed by atoms with van der Waals surface area (Å²) in [6, 6.07) is 14.2. The van der Waals surface area contributed by atoms with Gasteiger partial charge in [0.25, 0.3) is 17.7 Å². The highest BCUT2D eigenvalue weighted by Crippen LogP contribution is 2.43. The number of anilines is 3. The van der Waals surface area contributed by atoms with Crippen LogP contribution in [0.25, 0.3) is 0 Å². The van der Waals surface area contributed by atoms with Crippen LogP contribution in [0.4, 0.5) is 30.2 Å². The summed E-state index contributed by atoms with van der Waals surface area (Å²) < 4.78 is 40.7. The summed E-state index contributed by atoms with van der Waals surface area (Å²) in [6.45, 7) is 5.88. The predicted octanol–water partition coefficient (Wildman–Crippen LogP) is 4.07. The second-order valence-electron chi connectivity index (χ2n) is 17.5. The lowest BCUT2D eigenvalue weighted by atomic mass is 9.77. The van der Waals surface area contributed by atoms with Crippen molar-refractivity contribution in [2.45, 2.75) is 57.2 Å². The lowest BCUT2D eigenvalue weighted by molar-refractivity contribution is -0.138. The van der Waals surface area contributed by atoms with Crippen molar-refractivity contribution in [1.29, 1.82) is 5.26 Å². The number of hydrogen-bond donors (Lipinski definition) is 1. The molecule has 0 radical (unpaired) electrons. The fourth-order valence-corrected chi connectivity index (χ4v) is 10.2. The van der Waals surface area contributed by atoms with Crippen LogP contribution in [0.2, 0.25) is 0 Å². The van der Waals surface area contributed by atoms with Gasteiger partial charge in [0.05, 0.1) is 28.6 Å². The number of piperidine rings is 3. The van der Waals surface area contributed by atoms with Crippen LogP contribution in [-0.2, 0) is 20.6 Å². The number of carbonyl (C=O) groups is 6. The van der Waals surface area contributed by atoms with Crippen LogP contribution in [0, 0.1) is 22.7 Å². The highest BCUT2D eigenvalue weighted by molar-refractivity contribution is 6.23. The van der Waals surface area contributed by atoms with Crippen molar-refractivity contribution in [3.63, 3.8) is 0 Å². The fourth-order valence-electron chi connectivity index (χ4n) is 10.2. The lowest BCUT2D eigenvalue weighted by Gasteiger charge is -2.40. The molecule has 18 heteroatoms.